The summed E-state index contributed by atoms with van der Waals surface area (Å²) in [4.78, 5) is 9.90. The lowest BCUT2D eigenvalue weighted by Gasteiger charge is -2.13. The molecule has 0 spiro atoms. The molecule has 1 rings (SSSR count). The van der Waals surface area contributed by atoms with Crippen LogP contribution in [0.5, 0.6) is 5.75 Å². The van der Waals surface area contributed by atoms with Crippen molar-refractivity contribution in [3.05, 3.63) is 28.3 Å². The summed E-state index contributed by atoms with van der Waals surface area (Å²) in [5.74, 6) is 0.224. The molecule has 0 saturated heterocycles. The highest BCUT2D eigenvalue weighted by atomic mass is 35.5. The van der Waals surface area contributed by atoms with Gasteiger partial charge in [0.1, 0.15) is 5.75 Å². The summed E-state index contributed by atoms with van der Waals surface area (Å²) in [6.07, 6.45) is 0. The van der Waals surface area contributed by atoms with E-state index in [-0.39, 0.29) is 35.6 Å². The molecule has 0 aliphatic carbocycles. The van der Waals surface area contributed by atoms with Crippen molar-refractivity contribution in [2.45, 2.75) is 24.8 Å². The Hall–Kier alpha value is -1.42. The monoisotopic (exact) mass is 353 g/mol. The number of nitro groups is 1. The number of hydrogen-bond donors (Lipinski definition) is 2. The van der Waals surface area contributed by atoms with E-state index in [4.69, 9.17) is 4.74 Å². The Labute approximate surface area is 135 Å². The molecule has 0 aromatic heterocycles. The van der Waals surface area contributed by atoms with Crippen LogP contribution in [0.4, 0.5) is 5.69 Å². The van der Waals surface area contributed by atoms with Crippen molar-refractivity contribution in [3.8, 4) is 5.75 Å². The van der Waals surface area contributed by atoms with Crippen molar-refractivity contribution in [2.75, 3.05) is 20.2 Å². The van der Waals surface area contributed by atoms with Gasteiger partial charge in [-0.3, -0.25) is 10.1 Å². The third kappa shape index (κ3) is 5.41. The average Bonchev–Trinajstić information content (AvgIpc) is 2.45. The summed E-state index contributed by atoms with van der Waals surface area (Å²) in [7, 11) is -2.61. The number of ether oxygens (including phenoxy) is 1. The number of benzene rings is 1. The minimum atomic E-state index is -3.96. The molecule has 8 nitrogen and oxygen atoms in total. The molecule has 1 atom stereocenters. The van der Waals surface area contributed by atoms with Crippen LogP contribution in [0.3, 0.4) is 0 Å². The molecule has 22 heavy (non-hydrogen) atoms. The van der Waals surface area contributed by atoms with Crippen LogP contribution in [-0.4, -0.2) is 39.6 Å². The Balaban J connectivity index is 0.00000441. The molecule has 0 amide bonds. The second-order valence-corrected chi connectivity index (χ2v) is 6.14. The summed E-state index contributed by atoms with van der Waals surface area (Å²) in [5, 5.41) is 14.1. The van der Waals surface area contributed by atoms with Gasteiger partial charge in [-0.1, -0.05) is 6.92 Å². The van der Waals surface area contributed by atoms with Crippen LogP contribution in [-0.2, 0) is 10.0 Å². The number of sulfonamides is 1. The second kappa shape index (κ2) is 8.89. The number of nitrogens with zero attached hydrogens (tertiary/aromatic N) is 1. The molecule has 0 fully saturated rings. The standard InChI is InChI=1S/C12H19N3O5S.ClH/c1-4-13-9(2)8-14-21(18,19)12-6-5-10(20-3)7-11(12)15(16)17;/h5-7,9,13-14H,4,8H2,1-3H3;1H/t9-;/m1./s1. The zero-order chi connectivity index (χ0) is 16.0. The Bertz CT molecular complexity index is 609. The number of likely N-dealkylation sites (N-methyl/N-ethyl adjacent to an activating group) is 1. The summed E-state index contributed by atoms with van der Waals surface area (Å²) in [6, 6.07) is 3.54. The molecule has 0 aliphatic rings. The highest BCUT2D eigenvalue weighted by Crippen LogP contribution is 2.28. The van der Waals surface area contributed by atoms with E-state index in [1.54, 1.807) is 0 Å². The maximum Gasteiger partial charge on any atom is 0.293 e. The van der Waals surface area contributed by atoms with E-state index in [0.717, 1.165) is 12.1 Å². The van der Waals surface area contributed by atoms with Crippen LogP contribution in [0.25, 0.3) is 0 Å². The molecule has 0 saturated carbocycles. The quantitative estimate of drug-likeness (QED) is 0.538. The highest BCUT2D eigenvalue weighted by molar-refractivity contribution is 7.89. The fourth-order valence-electron chi connectivity index (χ4n) is 1.73. The topological polar surface area (TPSA) is 111 Å². The van der Waals surface area contributed by atoms with Gasteiger partial charge in [0, 0.05) is 12.6 Å². The van der Waals surface area contributed by atoms with Crippen LogP contribution in [0.15, 0.2) is 23.1 Å². The van der Waals surface area contributed by atoms with Gasteiger partial charge < -0.3 is 10.1 Å². The first kappa shape index (κ1) is 20.6. The largest absolute Gasteiger partial charge is 0.497 e. The first-order valence-electron chi connectivity index (χ1n) is 6.37. The van der Waals surface area contributed by atoms with Gasteiger partial charge in [-0.25, -0.2) is 13.1 Å². The molecule has 0 bridgehead atoms. The fraction of sp³-hybridized carbons (Fsp3) is 0.500. The Morgan fingerprint density at radius 1 is 1.41 bits per heavy atom. The number of rotatable bonds is 8. The number of halogens is 1. The van der Waals surface area contributed by atoms with Gasteiger partial charge >= 0.3 is 0 Å². The molecule has 2 N–H and O–H groups in total. The average molecular weight is 354 g/mol. The van der Waals surface area contributed by atoms with Crippen molar-refractivity contribution in [1.82, 2.24) is 10.0 Å². The van der Waals surface area contributed by atoms with Gasteiger partial charge in [0.15, 0.2) is 4.90 Å². The molecule has 0 aliphatic heterocycles. The van der Waals surface area contributed by atoms with E-state index < -0.39 is 20.6 Å². The number of hydrogen-bond acceptors (Lipinski definition) is 6. The van der Waals surface area contributed by atoms with Gasteiger partial charge in [-0.15, -0.1) is 12.4 Å². The van der Waals surface area contributed by atoms with E-state index in [1.165, 1.54) is 13.2 Å². The molecule has 0 radical (unpaired) electrons. The van der Waals surface area contributed by atoms with Crippen LogP contribution >= 0.6 is 12.4 Å². The lowest BCUT2D eigenvalue weighted by Crippen LogP contribution is -2.38. The maximum absolute atomic E-state index is 12.2. The highest BCUT2D eigenvalue weighted by Gasteiger charge is 2.26. The summed E-state index contributed by atoms with van der Waals surface area (Å²) in [6.45, 7) is 4.55. The summed E-state index contributed by atoms with van der Waals surface area (Å²) in [5.41, 5.74) is -0.516. The van der Waals surface area contributed by atoms with E-state index >= 15 is 0 Å². The first-order valence-corrected chi connectivity index (χ1v) is 7.85. The first-order chi connectivity index (χ1) is 9.81. The summed E-state index contributed by atoms with van der Waals surface area (Å²) < 4.78 is 31.6. The van der Waals surface area contributed by atoms with Crippen molar-refractivity contribution in [3.63, 3.8) is 0 Å². The predicted molar refractivity (Wildman–Crippen MR) is 85.2 cm³/mol. The Kier molecular flexibility index (Phi) is 8.31. The van der Waals surface area contributed by atoms with Crippen molar-refractivity contribution < 1.29 is 18.1 Å². The van der Waals surface area contributed by atoms with E-state index in [9.17, 15) is 18.5 Å². The minimum Gasteiger partial charge on any atom is -0.497 e. The zero-order valence-electron chi connectivity index (χ0n) is 12.5. The number of nitrogens with one attached hydrogen (secondary N) is 2. The smallest absolute Gasteiger partial charge is 0.293 e. The van der Waals surface area contributed by atoms with Gasteiger partial charge in [-0.2, -0.15) is 0 Å². The predicted octanol–water partition coefficient (Wildman–Crippen LogP) is 1.30. The van der Waals surface area contributed by atoms with Gasteiger partial charge in [0.2, 0.25) is 10.0 Å². The van der Waals surface area contributed by atoms with Gasteiger partial charge in [0.05, 0.1) is 18.1 Å². The normalized spacial score (nSPS) is 12.3. The van der Waals surface area contributed by atoms with Crippen LogP contribution in [0, 0.1) is 10.1 Å². The van der Waals surface area contributed by atoms with Crippen LogP contribution in [0.1, 0.15) is 13.8 Å². The van der Waals surface area contributed by atoms with Crippen molar-refractivity contribution in [1.29, 1.82) is 0 Å². The van der Waals surface area contributed by atoms with E-state index in [2.05, 4.69) is 10.0 Å². The Morgan fingerprint density at radius 3 is 2.55 bits per heavy atom. The summed E-state index contributed by atoms with van der Waals surface area (Å²) >= 11 is 0. The lowest BCUT2D eigenvalue weighted by molar-refractivity contribution is -0.387. The zero-order valence-corrected chi connectivity index (χ0v) is 14.2. The molecule has 1 aromatic carbocycles. The second-order valence-electron chi connectivity index (χ2n) is 4.40. The molecular formula is C12H20ClN3O5S. The van der Waals surface area contributed by atoms with Crippen LogP contribution < -0.4 is 14.8 Å². The van der Waals surface area contributed by atoms with Gasteiger partial charge in [0.25, 0.3) is 5.69 Å². The van der Waals surface area contributed by atoms with Crippen LogP contribution in [0.2, 0.25) is 0 Å². The molecule has 126 valence electrons. The van der Waals surface area contributed by atoms with Crippen molar-refractivity contribution in [2.24, 2.45) is 0 Å². The van der Waals surface area contributed by atoms with E-state index in [0.29, 0.717) is 6.54 Å². The molecular weight excluding hydrogens is 334 g/mol. The maximum atomic E-state index is 12.2. The number of methoxy groups -OCH3 is 1. The molecule has 1 aromatic rings. The lowest BCUT2D eigenvalue weighted by atomic mass is 10.3. The molecule has 0 heterocycles. The van der Waals surface area contributed by atoms with Gasteiger partial charge in [-0.05, 0) is 25.6 Å². The Morgan fingerprint density at radius 2 is 2.05 bits per heavy atom. The van der Waals surface area contributed by atoms with E-state index in [1.807, 2.05) is 13.8 Å². The minimum absolute atomic E-state index is 0. The third-order valence-electron chi connectivity index (χ3n) is 2.78. The fourth-order valence-corrected chi connectivity index (χ4v) is 3.01. The third-order valence-corrected chi connectivity index (χ3v) is 4.26. The SMILES string of the molecule is CCN[C@H](C)CNS(=O)(=O)c1ccc(OC)cc1[N+](=O)[O-].Cl. The molecule has 10 heteroatoms. The number of nitro benzene ring substituents is 1. The van der Waals surface area contributed by atoms with Crippen molar-refractivity contribution >= 4 is 28.1 Å². The molecule has 0 unspecified atom stereocenters.